The maximum atomic E-state index is 10.2. The van der Waals surface area contributed by atoms with E-state index in [2.05, 4.69) is 24.1 Å². The van der Waals surface area contributed by atoms with Gasteiger partial charge in [-0.1, -0.05) is 25.5 Å². The first kappa shape index (κ1) is 18.7. The van der Waals surface area contributed by atoms with E-state index in [1.807, 2.05) is 19.0 Å². The zero-order valence-corrected chi connectivity index (χ0v) is 15.7. The summed E-state index contributed by atoms with van der Waals surface area (Å²) in [5, 5.41) is 19.1. The van der Waals surface area contributed by atoms with Gasteiger partial charge in [-0.15, -0.1) is 0 Å². The molecule has 1 aliphatic heterocycles. The SMILES string of the molecule is C/C=C\c1c(CCC)ncc2c1C(C1CCC(CC#N)CC1)=CB(O)O2. The van der Waals surface area contributed by atoms with E-state index in [9.17, 15) is 5.02 Å². The topological polar surface area (TPSA) is 66.1 Å². The molecular weight excluding hydrogens is 323 g/mol. The fourth-order valence-corrected chi connectivity index (χ4v) is 4.26. The minimum atomic E-state index is -0.911. The van der Waals surface area contributed by atoms with Crippen molar-refractivity contribution in [2.75, 3.05) is 0 Å². The minimum absolute atomic E-state index is 0.406. The molecule has 1 saturated carbocycles. The predicted molar refractivity (Wildman–Crippen MR) is 105 cm³/mol. The van der Waals surface area contributed by atoms with Crippen molar-refractivity contribution in [3.05, 3.63) is 35.1 Å². The van der Waals surface area contributed by atoms with E-state index in [1.54, 1.807) is 6.20 Å². The zero-order chi connectivity index (χ0) is 18.5. The van der Waals surface area contributed by atoms with E-state index in [0.29, 0.717) is 24.0 Å². The summed E-state index contributed by atoms with van der Waals surface area (Å²) in [5.74, 6) is 3.48. The van der Waals surface area contributed by atoms with Gasteiger partial charge >= 0.3 is 7.12 Å². The molecule has 1 aromatic heterocycles. The van der Waals surface area contributed by atoms with Crippen molar-refractivity contribution in [2.24, 2.45) is 11.8 Å². The number of aryl methyl sites for hydroxylation is 1. The van der Waals surface area contributed by atoms with Crippen LogP contribution in [0.2, 0.25) is 0 Å². The summed E-state index contributed by atoms with van der Waals surface area (Å²) in [6, 6.07) is 2.31. The van der Waals surface area contributed by atoms with Crippen LogP contribution in [0.1, 0.15) is 69.2 Å². The number of nitriles is 1. The van der Waals surface area contributed by atoms with Crippen LogP contribution in [-0.2, 0) is 6.42 Å². The van der Waals surface area contributed by atoms with Crippen molar-refractivity contribution in [2.45, 2.75) is 58.8 Å². The van der Waals surface area contributed by atoms with Crippen molar-refractivity contribution >= 4 is 18.8 Å². The highest BCUT2D eigenvalue weighted by atomic mass is 16.5. The van der Waals surface area contributed by atoms with E-state index in [1.165, 1.54) is 5.57 Å². The second-order valence-electron chi connectivity index (χ2n) is 7.32. The van der Waals surface area contributed by atoms with E-state index >= 15 is 0 Å². The number of allylic oxidation sites excluding steroid dienone is 2. The summed E-state index contributed by atoms with van der Waals surface area (Å²) in [7, 11) is -0.911. The maximum Gasteiger partial charge on any atom is 0.552 e. The Bertz CT molecular complexity index is 743. The molecule has 0 bridgehead atoms. The predicted octanol–water partition coefficient (Wildman–Crippen LogP) is 4.58. The van der Waals surface area contributed by atoms with Crippen molar-refractivity contribution < 1.29 is 9.68 Å². The Kier molecular flexibility index (Phi) is 6.16. The van der Waals surface area contributed by atoms with Gasteiger partial charge in [-0.05, 0) is 62.4 Å². The molecule has 0 unspecified atom stereocenters. The van der Waals surface area contributed by atoms with E-state index in [4.69, 9.17) is 9.92 Å². The van der Waals surface area contributed by atoms with Gasteiger partial charge in [-0.25, -0.2) is 0 Å². The standard InChI is InChI=1S/C21H27BN2O2/c1-3-5-17-19(6-4-2)24-14-20-21(17)18(13-22(25)26-20)16-9-7-15(8-10-16)11-12-23/h3,5,13-16,25H,4,6-11H2,1-2H3/b5-3-. The summed E-state index contributed by atoms with van der Waals surface area (Å²) >= 11 is 0. The van der Waals surface area contributed by atoms with Crippen LogP contribution in [-0.4, -0.2) is 17.1 Å². The number of pyridine rings is 1. The average Bonchev–Trinajstić information content (AvgIpc) is 2.64. The third-order valence-corrected chi connectivity index (χ3v) is 5.51. The lowest BCUT2D eigenvalue weighted by Crippen LogP contribution is -2.27. The first-order valence-corrected chi connectivity index (χ1v) is 9.76. The Morgan fingerprint density at radius 1 is 1.38 bits per heavy atom. The Hall–Kier alpha value is -2.06. The van der Waals surface area contributed by atoms with Crippen LogP contribution >= 0.6 is 0 Å². The molecule has 0 atom stereocenters. The number of fused-ring (bicyclic) bond motifs is 1. The molecule has 0 aromatic carbocycles. The van der Waals surface area contributed by atoms with Crippen molar-refractivity contribution in [1.82, 2.24) is 4.98 Å². The van der Waals surface area contributed by atoms with Gasteiger partial charge in [0.15, 0.2) is 0 Å². The lowest BCUT2D eigenvalue weighted by atomic mass is 9.70. The first-order chi connectivity index (χ1) is 12.7. The van der Waals surface area contributed by atoms with Crippen LogP contribution in [0.4, 0.5) is 0 Å². The van der Waals surface area contributed by atoms with Gasteiger partial charge in [0.25, 0.3) is 0 Å². The monoisotopic (exact) mass is 350 g/mol. The fourth-order valence-electron chi connectivity index (χ4n) is 4.26. The van der Waals surface area contributed by atoms with Gasteiger partial charge in [0, 0.05) is 23.2 Å². The Morgan fingerprint density at radius 2 is 2.15 bits per heavy atom. The first-order valence-electron chi connectivity index (χ1n) is 9.76. The van der Waals surface area contributed by atoms with Gasteiger partial charge in [-0.2, -0.15) is 5.26 Å². The maximum absolute atomic E-state index is 10.2. The van der Waals surface area contributed by atoms with E-state index < -0.39 is 7.12 Å². The minimum Gasteiger partial charge on any atom is -0.531 e. The molecule has 0 spiro atoms. The molecule has 136 valence electrons. The van der Waals surface area contributed by atoms with Crippen LogP contribution in [0.15, 0.2) is 18.2 Å². The molecule has 1 fully saturated rings. The van der Waals surface area contributed by atoms with Gasteiger partial charge < -0.3 is 9.68 Å². The highest BCUT2D eigenvalue weighted by Gasteiger charge is 2.33. The summed E-state index contributed by atoms with van der Waals surface area (Å²) in [5.41, 5.74) is 4.52. The second kappa shape index (κ2) is 8.55. The molecule has 0 saturated heterocycles. The average molecular weight is 350 g/mol. The normalized spacial score (nSPS) is 22.5. The van der Waals surface area contributed by atoms with Crippen LogP contribution in [0.5, 0.6) is 5.75 Å². The fraction of sp³-hybridized carbons (Fsp3) is 0.524. The third kappa shape index (κ3) is 3.86. The van der Waals surface area contributed by atoms with E-state index in [-0.39, 0.29) is 0 Å². The number of nitrogens with zero attached hydrogens (tertiary/aromatic N) is 2. The lowest BCUT2D eigenvalue weighted by Gasteiger charge is -2.33. The number of aromatic nitrogens is 1. The molecule has 0 radical (unpaired) electrons. The molecule has 5 heteroatoms. The van der Waals surface area contributed by atoms with Crippen LogP contribution in [0, 0.1) is 23.2 Å². The number of hydrogen-bond acceptors (Lipinski definition) is 4. The molecule has 0 amide bonds. The quantitative estimate of drug-likeness (QED) is 0.789. The van der Waals surface area contributed by atoms with Crippen molar-refractivity contribution in [3.8, 4) is 11.8 Å². The molecule has 4 nitrogen and oxygen atoms in total. The summed E-state index contributed by atoms with van der Waals surface area (Å²) in [4.78, 5) is 4.60. The van der Waals surface area contributed by atoms with Gasteiger partial charge in [0.2, 0.25) is 0 Å². The lowest BCUT2D eigenvalue weighted by molar-refractivity contribution is 0.319. The van der Waals surface area contributed by atoms with Crippen molar-refractivity contribution in [1.29, 1.82) is 5.26 Å². The summed E-state index contributed by atoms with van der Waals surface area (Å²) in [6.07, 6.45) is 12.8. The Balaban J connectivity index is 1.98. The molecule has 2 aliphatic rings. The molecule has 3 rings (SSSR count). The smallest absolute Gasteiger partial charge is 0.531 e. The zero-order valence-electron chi connectivity index (χ0n) is 15.7. The largest absolute Gasteiger partial charge is 0.552 e. The summed E-state index contributed by atoms with van der Waals surface area (Å²) in [6.45, 7) is 4.18. The van der Waals surface area contributed by atoms with Gasteiger partial charge in [-0.3, -0.25) is 4.98 Å². The Morgan fingerprint density at radius 3 is 2.81 bits per heavy atom. The van der Waals surface area contributed by atoms with Crippen LogP contribution in [0.3, 0.4) is 0 Å². The Labute approximate surface area is 156 Å². The molecule has 1 aromatic rings. The summed E-state index contributed by atoms with van der Waals surface area (Å²) < 4.78 is 5.67. The molecule has 1 aliphatic carbocycles. The third-order valence-electron chi connectivity index (χ3n) is 5.51. The molecule has 2 heterocycles. The highest BCUT2D eigenvalue weighted by Crippen LogP contribution is 2.45. The molecular formula is C21H27BN2O2. The van der Waals surface area contributed by atoms with Crippen molar-refractivity contribution in [3.63, 3.8) is 0 Å². The molecule has 1 N–H and O–H groups in total. The number of hydrogen-bond donors (Lipinski definition) is 1. The van der Waals surface area contributed by atoms with E-state index in [0.717, 1.165) is 55.3 Å². The second-order valence-corrected chi connectivity index (χ2v) is 7.32. The van der Waals surface area contributed by atoms with Crippen LogP contribution in [0.25, 0.3) is 11.6 Å². The number of rotatable bonds is 5. The van der Waals surface area contributed by atoms with Crippen LogP contribution < -0.4 is 4.65 Å². The van der Waals surface area contributed by atoms with Gasteiger partial charge in [0.1, 0.15) is 5.75 Å². The molecule has 26 heavy (non-hydrogen) atoms. The highest BCUT2D eigenvalue weighted by molar-refractivity contribution is 6.52. The van der Waals surface area contributed by atoms with Gasteiger partial charge in [0.05, 0.1) is 12.3 Å².